The minimum Gasteiger partial charge on any atom is -0.370 e. The quantitative estimate of drug-likeness (QED) is 0.629. The maximum Gasteiger partial charge on any atom is 0.416 e. The smallest absolute Gasteiger partial charge is 0.370 e. The number of rotatable bonds is 7. The zero-order chi connectivity index (χ0) is 23.4. The minimum atomic E-state index is -5.08. The summed E-state index contributed by atoms with van der Waals surface area (Å²) >= 11 is 0. The molecule has 168 valence electrons. The fourth-order valence-corrected chi connectivity index (χ4v) is 3.22. The third kappa shape index (κ3) is 6.47. The molecule has 2 aromatic carbocycles. The standard InChI is InChI=1S/C21H20F6N2O2/c1-2-29(17(12-18(28)30)8-13-6-4-3-5-7-13)19(31)14-9-15(20(22,23)24)11-16(10-14)21(25,26)27/h3-7,9-11,17H,2,8,12H2,1H3,(H2,28,30)/t17-/m0/s1. The van der Waals surface area contributed by atoms with E-state index < -0.39 is 46.9 Å². The Morgan fingerprint density at radius 1 is 0.935 bits per heavy atom. The van der Waals surface area contributed by atoms with Crippen LogP contribution in [0.2, 0.25) is 0 Å². The molecular weight excluding hydrogens is 426 g/mol. The molecule has 2 N–H and O–H groups in total. The Morgan fingerprint density at radius 2 is 1.45 bits per heavy atom. The Hall–Kier alpha value is -3.04. The summed E-state index contributed by atoms with van der Waals surface area (Å²) in [6, 6.07) is 8.49. The SMILES string of the molecule is CCN(C(=O)c1cc(C(F)(F)F)cc(C(F)(F)F)c1)[C@H](CC(N)=O)Cc1ccccc1. The number of primary amides is 1. The van der Waals surface area contributed by atoms with Gasteiger partial charge in [-0.2, -0.15) is 26.3 Å². The molecule has 0 spiro atoms. The molecule has 1 atom stereocenters. The third-order valence-electron chi connectivity index (χ3n) is 4.63. The van der Waals surface area contributed by atoms with Gasteiger partial charge in [0.15, 0.2) is 0 Å². The number of alkyl halides is 6. The first kappa shape index (κ1) is 24.2. The highest BCUT2D eigenvalue weighted by molar-refractivity contribution is 5.95. The molecule has 0 saturated heterocycles. The van der Waals surface area contributed by atoms with Gasteiger partial charge in [-0.3, -0.25) is 9.59 Å². The predicted molar refractivity (Wildman–Crippen MR) is 101 cm³/mol. The van der Waals surface area contributed by atoms with Crippen molar-refractivity contribution in [2.45, 2.75) is 38.2 Å². The summed E-state index contributed by atoms with van der Waals surface area (Å²) < 4.78 is 78.9. The molecule has 0 fully saturated rings. The van der Waals surface area contributed by atoms with Crippen LogP contribution in [0.1, 0.15) is 40.4 Å². The van der Waals surface area contributed by atoms with Crippen molar-refractivity contribution in [2.75, 3.05) is 6.54 Å². The van der Waals surface area contributed by atoms with Gasteiger partial charge >= 0.3 is 12.4 Å². The number of nitrogens with two attached hydrogens (primary N) is 1. The molecule has 2 aromatic rings. The van der Waals surface area contributed by atoms with E-state index in [1.54, 1.807) is 30.3 Å². The van der Waals surface area contributed by atoms with Gasteiger partial charge in [0.2, 0.25) is 5.91 Å². The van der Waals surface area contributed by atoms with Crippen LogP contribution >= 0.6 is 0 Å². The van der Waals surface area contributed by atoms with Crippen molar-refractivity contribution in [1.29, 1.82) is 0 Å². The summed E-state index contributed by atoms with van der Waals surface area (Å²) in [6.07, 6.45) is -10.3. The minimum absolute atomic E-state index is 0.0437. The first-order valence-electron chi connectivity index (χ1n) is 9.25. The van der Waals surface area contributed by atoms with E-state index in [0.717, 1.165) is 10.5 Å². The first-order valence-corrected chi connectivity index (χ1v) is 9.25. The van der Waals surface area contributed by atoms with Crippen LogP contribution in [0.3, 0.4) is 0 Å². The highest BCUT2D eigenvalue weighted by atomic mass is 19.4. The van der Waals surface area contributed by atoms with E-state index in [-0.39, 0.29) is 25.5 Å². The van der Waals surface area contributed by atoms with E-state index in [0.29, 0.717) is 12.1 Å². The molecule has 4 nitrogen and oxygen atoms in total. The molecule has 0 aliphatic heterocycles. The highest BCUT2D eigenvalue weighted by Gasteiger charge is 2.38. The van der Waals surface area contributed by atoms with Crippen LogP contribution in [0.15, 0.2) is 48.5 Å². The lowest BCUT2D eigenvalue weighted by atomic mass is 9.99. The molecule has 0 radical (unpaired) electrons. The van der Waals surface area contributed by atoms with Gasteiger partial charge in [-0.25, -0.2) is 0 Å². The number of amides is 2. The molecule has 0 aliphatic rings. The van der Waals surface area contributed by atoms with Crippen molar-refractivity contribution in [2.24, 2.45) is 5.73 Å². The van der Waals surface area contributed by atoms with Gasteiger partial charge in [-0.1, -0.05) is 30.3 Å². The molecule has 0 bridgehead atoms. The predicted octanol–water partition coefficient (Wildman–Crippen LogP) is 4.67. The van der Waals surface area contributed by atoms with Crippen molar-refractivity contribution in [3.63, 3.8) is 0 Å². The summed E-state index contributed by atoms with van der Waals surface area (Å²) in [5.74, 6) is -1.81. The van der Waals surface area contributed by atoms with Crippen LogP contribution < -0.4 is 5.73 Å². The zero-order valence-electron chi connectivity index (χ0n) is 16.4. The highest BCUT2D eigenvalue weighted by Crippen LogP contribution is 2.36. The summed E-state index contributed by atoms with van der Waals surface area (Å²) in [7, 11) is 0. The Kier molecular flexibility index (Phi) is 7.35. The second-order valence-electron chi connectivity index (χ2n) is 6.90. The average Bonchev–Trinajstić information content (AvgIpc) is 2.67. The van der Waals surface area contributed by atoms with Gasteiger partial charge in [0, 0.05) is 24.6 Å². The van der Waals surface area contributed by atoms with Crippen molar-refractivity contribution in [3.8, 4) is 0 Å². The van der Waals surface area contributed by atoms with E-state index in [2.05, 4.69) is 0 Å². The Morgan fingerprint density at radius 3 is 1.87 bits per heavy atom. The number of likely N-dealkylation sites (N-methyl/N-ethyl adjacent to an activating group) is 1. The molecule has 10 heteroatoms. The van der Waals surface area contributed by atoms with Gasteiger partial charge in [0.25, 0.3) is 5.91 Å². The number of benzene rings is 2. The molecule has 0 saturated carbocycles. The van der Waals surface area contributed by atoms with Crippen LogP contribution in [0.4, 0.5) is 26.3 Å². The number of carbonyl (C=O) groups excluding carboxylic acids is 2. The van der Waals surface area contributed by atoms with Gasteiger partial charge in [-0.15, -0.1) is 0 Å². The van der Waals surface area contributed by atoms with Crippen molar-refractivity contribution >= 4 is 11.8 Å². The van der Waals surface area contributed by atoms with Gasteiger partial charge in [-0.05, 0) is 37.1 Å². The van der Waals surface area contributed by atoms with E-state index >= 15 is 0 Å². The van der Waals surface area contributed by atoms with Crippen LogP contribution in [0.25, 0.3) is 0 Å². The lowest BCUT2D eigenvalue weighted by Crippen LogP contribution is -2.43. The van der Waals surface area contributed by atoms with Crippen LogP contribution in [0.5, 0.6) is 0 Å². The first-order chi connectivity index (χ1) is 14.3. The molecule has 2 amide bonds. The van der Waals surface area contributed by atoms with Gasteiger partial charge in [0.1, 0.15) is 0 Å². The monoisotopic (exact) mass is 446 g/mol. The maximum atomic E-state index is 13.1. The van der Waals surface area contributed by atoms with Crippen LogP contribution in [-0.2, 0) is 23.6 Å². The Balaban J connectivity index is 2.49. The second kappa shape index (κ2) is 9.40. The maximum absolute atomic E-state index is 13.1. The zero-order valence-corrected chi connectivity index (χ0v) is 16.4. The largest absolute Gasteiger partial charge is 0.416 e. The summed E-state index contributed by atoms with van der Waals surface area (Å²) in [4.78, 5) is 25.6. The van der Waals surface area contributed by atoms with Gasteiger partial charge < -0.3 is 10.6 Å². The Labute approximate surface area is 174 Å². The number of carbonyl (C=O) groups is 2. The summed E-state index contributed by atoms with van der Waals surface area (Å²) in [5, 5.41) is 0. The molecular formula is C21H20F6N2O2. The normalized spacial score (nSPS) is 13.0. The van der Waals surface area contributed by atoms with Crippen molar-refractivity contribution in [3.05, 3.63) is 70.8 Å². The molecule has 0 aromatic heterocycles. The fraction of sp³-hybridized carbons (Fsp3) is 0.333. The lowest BCUT2D eigenvalue weighted by molar-refractivity contribution is -0.143. The number of halogens is 6. The van der Waals surface area contributed by atoms with E-state index in [4.69, 9.17) is 5.73 Å². The third-order valence-corrected chi connectivity index (χ3v) is 4.63. The van der Waals surface area contributed by atoms with E-state index in [9.17, 15) is 35.9 Å². The van der Waals surface area contributed by atoms with Crippen molar-refractivity contribution < 1.29 is 35.9 Å². The van der Waals surface area contributed by atoms with E-state index in [1.165, 1.54) is 6.92 Å². The lowest BCUT2D eigenvalue weighted by Gasteiger charge is -2.31. The summed E-state index contributed by atoms with van der Waals surface area (Å²) in [5.41, 5.74) is 2.04. The number of nitrogens with zero attached hydrogens (tertiary/aromatic N) is 1. The second-order valence-corrected chi connectivity index (χ2v) is 6.90. The summed E-state index contributed by atoms with van der Waals surface area (Å²) in [6.45, 7) is 1.45. The van der Waals surface area contributed by atoms with Crippen LogP contribution in [-0.4, -0.2) is 29.3 Å². The van der Waals surface area contributed by atoms with Gasteiger partial charge in [0.05, 0.1) is 11.1 Å². The Bertz CT molecular complexity index is 893. The molecule has 0 unspecified atom stereocenters. The molecule has 31 heavy (non-hydrogen) atoms. The fourth-order valence-electron chi connectivity index (χ4n) is 3.22. The van der Waals surface area contributed by atoms with Crippen molar-refractivity contribution in [1.82, 2.24) is 4.90 Å². The number of hydrogen-bond donors (Lipinski definition) is 1. The topological polar surface area (TPSA) is 63.4 Å². The number of hydrogen-bond acceptors (Lipinski definition) is 2. The molecule has 0 heterocycles. The van der Waals surface area contributed by atoms with Crippen LogP contribution in [0, 0.1) is 0 Å². The molecule has 2 rings (SSSR count). The van der Waals surface area contributed by atoms with E-state index in [1.807, 2.05) is 0 Å². The molecule has 0 aliphatic carbocycles. The average molecular weight is 446 g/mol.